The summed E-state index contributed by atoms with van der Waals surface area (Å²) in [4.78, 5) is 51.5. The summed E-state index contributed by atoms with van der Waals surface area (Å²) < 4.78 is 29.7. The van der Waals surface area contributed by atoms with Gasteiger partial charge >= 0.3 is 17.9 Å². The minimum absolute atomic E-state index is 0.0142. The van der Waals surface area contributed by atoms with E-state index in [2.05, 4.69) is 32.0 Å². The number of carbonyl (C=O) groups excluding carboxylic acids is 3. The van der Waals surface area contributed by atoms with E-state index in [-0.39, 0.29) is 17.3 Å². The fraction of sp³-hybridized carbons (Fsp3) is 0.500. The Morgan fingerprint density at radius 1 is 1.02 bits per heavy atom. The third-order valence-corrected chi connectivity index (χ3v) is 8.09. The Morgan fingerprint density at radius 2 is 1.74 bits per heavy atom. The predicted molar refractivity (Wildman–Crippen MR) is 147 cm³/mol. The van der Waals surface area contributed by atoms with Crippen molar-refractivity contribution in [1.29, 1.82) is 0 Å². The molecule has 1 aromatic carbocycles. The van der Waals surface area contributed by atoms with Gasteiger partial charge in [0.1, 0.15) is 12.7 Å². The van der Waals surface area contributed by atoms with Crippen LogP contribution in [-0.4, -0.2) is 82.1 Å². The molecule has 0 aliphatic carbocycles. The molecule has 2 fully saturated rings. The van der Waals surface area contributed by atoms with E-state index < -0.39 is 42.4 Å². The molecule has 1 spiro atoms. The Bertz CT molecular complexity index is 1540. The van der Waals surface area contributed by atoms with Crippen molar-refractivity contribution in [3.63, 3.8) is 0 Å². The summed E-state index contributed by atoms with van der Waals surface area (Å²) in [6, 6.07) is 8.22. The number of fused-ring (bicyclic) bond motifs is 3. The standard InChI is InChI=1S/C28H30ClN5O8/c1-15(35)39-12-20-22(40-16(2)36)23(41-17(3)37)26(42-20)34-14-30-21-24(31-27(29)32-25(21)34)33-13-28(8-10-38-11-9-28)18-6-4-5-7-19(18)33/h4-7,14,20,22-23,26H,8-13H2,1-3H3/t20-,22?,23?,26-/m1/s1. The number of halogens is 1. The number of para-hydroxylation sites is 1. The third-order valence-electron chi connectivity index (χ3n) is 7.92. The summed E-state index contributed by atoms with van der Waals surface area (Å²) in [5, 5.41) is -0.0142. The van der Waals surface area contributed by atoms with E-state index in [4.69, 9.17) is 35.3 Å². The molecule has 42 heavy (non-hydrogen) atoms. The van der Waals surface area contributed by atoms with E-state index >= 15 is 0 Å². The van der Waals surface area contributed by atoms with Crippen molar-refractivity contribution < 1.29 is 38.1 Å². The molecule has 0 amide bonds. The summed E-state index contributed by atoms with van der Waals surface area (Å²) >= 11 is 6.51. The van der Waals surface area contributed by atoms with Crippen LogP contribution in [0.2, 0.25) is 5.28 Å². The van der Waals surface area contributed by atoms with Crippen LogP contribution in [0.1, 0.15) is 45.4 Å². The second kappa shape index (κ2) is 11.1. The van der Waals surface area contributed by atoms with Gasteiger partial charge in [0.2, 0.25) is 5.28 Å². The Hall–Kier alpha value is -3.81. The number of rotatable bonds is 6. The molecule has 4 atom stereocenters. The van der Waals surface area contributed by atoms with E-state index in [1.165, 1.54) is 32.7 Å². The van der Waals surface area contributed by atoms with Gasteiger partial charge in [0.25, 0.3) is 0 Å². The van der Waals surface area contributed by atoms with Gasteiger partial charge in [-0.05, 0) is 36.1 Å². The number of anilines is 2. The molecule has 0 N–H and O–H groups in total. The van der Waals surface area contributed by atoms with Crippen molar-refractivity contribution in [3.05, 3.63) is 41.4 Å². The van der Waals surface area contributed by atoms with Gasteiger partial charge in [0, 0.05) is 51.6 Å². The maximum Gasteiger partial charge on any atom is 0.303 e. The zero-order valence-corrected chi connectivity index (χ0v) is 24.1. The van der Waals surface area contributed by atoms with Crippen molar-refractivity contribution in [2.75, 3.05) is 31.3 Å². The van der Waals surface area contributed by atoms with E-state index in [0.717, 1.165) is 18.5 Å². The molecule has 3 aliphatic heterocycles. The Labute approximate surface area is 246 Å². The highest BCUT2D eigenvalue weighted by Gasteiger charge is 2.51. The average molecular weight is 600 g/mol. The fourth-order valence-corrected chi connectivity index (χ4v) is 6.34. The van der Waals surface area contributed by atoms with Crippen LogP contribution < -0.4 is 4.90 Å². The maximum atomic E-state index is 12.1. The number of hydrogen-bond acceptors (Lipinski definition) is 12. The van der Waals surface area contributed by atoms with Crippen LogP contribution in [0.25, 0.3) is 11.2 Å². The molecule has 2 unspecified atom stereocenters. The Balaban J connectivity index is 1.42. The van der Waals surface area contributed by atoms with Crippen molar-refractivity contribution in [1.82, 2.24) is 19.5 Å². The van der Waals surface area contributed by atoms with E-state index in [9.17, 15) is 14.4 Å². The molecule has 13 nitrogen and oxygen atoms in total. The number of aromatic nitrogens is 4. The van der Waals surface area contributed by atoms with E-state index in [1.807, 2.05) is 12.1 Å². The van der Waals surface area contributed by atoms with Crippen molar-refractivity contribution in [2.45, 2.75) is 63.6 Å². The van der Waals surface area contributed by atoms with Crippen molar-refractivity contribution in [2.24, 2.45) is 0 Å². The summed E-state index contributed by atoms with van der Waals surface area (Å²) in [7, 11) is 0. The summed E-state index contributed by atoms with van der Waals surface area (Å²) in [6.45, 7) is 5.50. The Morgan fingerprint density at radius 3 is 2.45 bits per heavy atom. The van der Waals surface area contributed by atoms with E-state index in [0.29, 0.717) is 36.7 Å². The van der Waals surface area contributed by atoms with Crippen LogP contribution in [0.5, 0.6) is 0 Å². The van der Waals surface area contributed by atoms with Gasteiger partial charge in [-0.3, -0.25) is 19.0 Å². The van der Waals surface area contributed by atoms with Crippen LogP contribution in [0.4, 0.5) is 11.5 Å². The lowest BCUT2D eigenvalue weighted by Gasteiger charge is -2.34. The molecule has 14 heteroatoms. The second-order valence-electron chi connectivity index (χ2n) is 10.7. The molecule has 0 radical (unpaired) electrons. The van der Waals surface area contributed by atoms with Gasteiger partial charge < -0.3 is 28.6 Å². The zero-order valence-electron chi connectivity index (χ0n) is 23.3. The highest BCUT2D eigenvalue weighted by atomic mass is 35.5. The SMILES string of the molecule is CC(=O)OC[C@H]1O[C@@H](n2cnc3c(N4CC5(CCOCC5)c5ccccc54)nc(Cl)nc32)C(OC(C)=O)C1OC(C)=O. The Kier molecular flexibility index (Phi) is 7.50. The molecule has 3 aliphatic rings. The quantitative estimate of drug-likeness (QED) is 0.233. The van der Waals surface area contributed by atoms with Gasteiger partial charge in [0.05, 0.1) is 6.33 Å². The first-order valence-corrected chi connectivity index (χ1v) is 14.0. The summed E-state index contributed by atoms with van der Waals surface area (Å²) in [5.41, 5.74) is 2.92. The van der Waals surface area contributed by atoms with Gasteiger partial charge in [-0.1, -0.05) is 18.2 Å². The van der Waals surface area contributed by atoms with Gasteiger partial charge in [-0.2, -0.15) is 9.97 Å². The molecule has 2 aromatic heterocycles. The summed E-state index contributed by atoms with van der Waals surface area (Å²) in [5.74, 6) is -1.26. The minimum atomic E-state index is -1.10. The zero-order chi connectivity index (χ0) is 29.6. The lowest BCUT2D eigenvalue weighted by atomic mass is 9.76. The largest absolute Gasteiger partial charge is 0.463 e. The number of ether oxygens (including phenoxy) is 5. The monoisotopic (exact) mass is 599 g/mol. The number of benzene rings is 1. The molecule has 3 aromatic rings. The molecule has 0 bridgehead atoms. The number of nitrogens with zero attached hydrogens (tertiary/aromatic N) is 5. The first kappa shape index (κ1) is 28.3. The first-order valence-electron chi connectivity index (χ1n) is 13.6. The minimum Gasteiger partial charge on any atom is -0.463 e. The second-order valence-corrected chi connectivity index (χ2v) is 11.0. The molecule has 2 saturated heterocycles. The fourth-order valence-electron chi connectivity index (χ4n) is 6.18. The lowest BCUT2D eigenvalue weighted by Crippen LogP contribution is -2.40. The summed E-state index contributed by atoms with van der Waals surface area (Å²) in [6.07, 6.45) is -0.888. The van der Waals surface area contributed by atoms with Crippen LogP contribution in [0.3, 0.4) is 0 Å². The number of hydrogen-bond donors (Lipinski definition) is 0. The highest BCUT2D eigenvalue weighted by molar-refractivity contribution is 6.28. The van der Waals surface area contributed by atoms with Crippen LogP contribution >= 0.6 is 11.6 Å². The van der Waals surface area contributed by atoms with E-state index in [1.54, 1.807) is 4.57 Å². The van der Waals surface area contributed by atoms with Gasteiger partial charge in [-0.25, -0.2) is 4.98 Å². The van der Waals surface area contributed by atoms with Crippen molar-refractivity contribution in [3.8, 4) is 0 Å². The van der Waals surface area contributed by atoms with Gasteiger partial charge in [0.15, 0.2) is 35.4 Å². The maximum absolute atomic E-state index is 12.1. The molecule has 0 saturated carbocycles. The normalized spacial score (nSPS) is 24.5. The topological polar surface area (TPSA) is 144 Å². The molecule has 6 rings (SSSR count). The van der Waals surface area contributed by atoms with Crippen molar-refractivity contribution >= 4 is 52.2 Å². The number of esters is 3. The number of imidazole rings is 1. The average Bonchev–Trinajstić information content (AvgIpc) is 3.60. The van der Waals surface area contributed by atoms with Crippen LogP contribution in [0, 0.1) is 0 Å². The third kappa shape index (κ3) is 5.05. The molecule has 5 heterocycles. The number of carbonyl (C=O) groups is 3. The molecular formula is C28H30ClN5O8. The molecule has 222 valence electrons. The van der Waals surface area contributed by atoms with Gasteiger partial charge in [-0.15, -0.1) is 0 Å². The first-order chi connectivity index (χ1) is 20.2. The highest BCUT2D eigenvalue weighted by Crippen LogP contribution is 2.50. The van der Waals surface area contributed by atoms with Crippen LogP contribution in [-0.2, 0) is 43.5 Å². The lowest BCUT2D eigenvalue weighted by molar-refractivity contribution is -0.166. The predicted octanol–water partition coefficient (Wildman–Crippen LogP) is 3.00. The molecular weight excluding hydrogens is 570 g/mol. The van der Waals surface area contributed by atoms with Crippen LogP contribution in [0.15, 0.2) is 30.6 Å². The smallest absolute Gasteiger partial charge is 0.303 e.